The molecule has 0 aliphatic carbocycles. The van der Waals surface area contributed by atoms with Crippen molar-refractivity contribution in [2.75, 3.05) is 19.0 Å². The zero-order valence-electron chi connectivity index (χ0n) is 12.7. The molecule has 1 amide bonds. The minimum atomic E-state index is -0.559. The third-order valence-electron chi connectivity index (χ3n) is 3.05. The topological polar surface area (TPSA) is 90.7 Å². The third kappa shape index (κ3) is 4.19. The van der Waals surface area contributed by atoms with Gasteiger partial charge in [-0.25, -0.2) is 0 Å². The van der Waals surface area contributed by atoms with Crippen LogP contribution in [0.15, 0.2) is 42.5 Å². The van der Waals surface area contributed by atoms with E-state index in [9.17, 15) is 14.9 Å². The van der Waals surface area contributed by atoms with Crippen molar-refractivity contribution in [3.8, 4) is 11.5 Å². The maximum absolute atomic E-state index is 12.0. The molecule has 120 valence electrons. The highest BCUT2D eigenvalue weighted by Gasteiger charge is 2.15. The number of hydrogen-bond acceptors (Lipinski definition) is 5. The number of nitrogens with one attached hydrogen (secondary N) is 1. The maximum atomic E-state index is 12.0. The first kappa shape index (κ1) is 16.3. The molecule has 0 heterocycles. The molecule has 2 aromatic rings. The molecular weight excluding hydrogens is 300 g/mol. The Kier molecular flexibility index (Phi) is 5.14. The molecule has 0 fully saturated rings. The number of hydrogen-bond donors (Lipinski definition) is 1. The summed E-state index contributed by atoms with van der Waals surface area (Å²) in [5, 5.41) is 13.5. The molecule has 0 atom stereocenters. The second-order valence-corrected chi connectivity index (χ2v) is 4.77. The lowest BCUT2D eigenvalue weighted by Crippen LogP contribution is -2.20. The molecule has 0 saturated carbocycles. The molecule has 2 aromatic carbocycles. The summed E-state index contributed by atoms with van der Waals surface area (Å²) < 4.78 is 10.4. The second kappa shape index (κ2) is 7.26. The van der Waals surface area contributed by atoms with Crippen LogP contribution in [0.3, 0.4) is 0 Å². The summed E-state index contributed by atoms with van der Waals surface area (Å²) in [6, 6.07) is 11.3. The quantitative estimate of drug-likeness (QED) is 0.653. The van der Waals surface area contributed by atoms with Crippen LogP contribution in [0.5, 0.6) is 11.5 Å². The number of para-hydroxylation sites is 2. The van der Waals surface area contributed by atoms with Gasteiger partial charge in [-0.3, -0.25) is 14.9 Å². The fourth-order valence-electron chi connectivity index (χ4n) is 1.98. The number of nitro groups is 1. The van der Waals surface area contributed by atoms with E-state index in [1.165, 1.54) is 25.3 Å². The van der Waals surface area contributed by atoms with Gasteiger partial charge in [0.05, 0.1) is 17.7 Å². The highest BCUT2D eigenvalue weighted by Crippen LogP contribution is 2.27. The molecule has 0 radical (unpaired) electrons. The number of nitro benzene ring substituents is 1. The highest BCUT2D eigenvalue weighted by atomic mass is 16.6. The van der Waals surface area contributed by atoms with Crippen LogP contribution in [0, 0.1) is 17.0 Å². The van der Waals surface area contributed by atoms with Crippen molar-refractivity contribution in [3.63, 3.8) is 0 Å². The van der Waals surface area contributed by atoms with Crippen LogP contribution in [-0.4, -0.2) is 24.5 Å². The number of methoxy groups -OCH3 is 1. The summed E-state index contributed by atoms with van der Waals surface area (Å²) >= 11 is 0. The van der Waals surface area contributed by atoms with Crippen LogP contribution in [0.25, 0.3) is 0 Å². The van der Waals surface area contributed by atoms with Crippen LogP contribution in [0.2, 0.25) is 0 Å². The largest absolute Gasteiger partial charge is 0.495 e. The van der Waals surface area contributed by atoms with E-state index in [0.29, 0.717) is 11.4 Å². The SMILES string of the molecule is COc1ccc(C)cc1NC(=O)COc1ccccc1[N+](=O)[O-]. The summed E-state index contributed by atoms with van der Waals surface area (Å²) in [5.41, 5.74) is 1.29. The Balaban J connectivity index is 2.04. The van der Waals surface area contributed by atoms with Crippen LogP contribution in [0.1, 0.15) is 5.56 Å². The fraction of sp³-hybridized carbons (Fsp3) is 0.188. The molecule has 7 heteroatoms. The Morgan fingerprint density at radius 2 is 1.96 bits per heavy atom. The third-order valence-corrected chi connectivity index (χ3v) is 3.05. The van der Waals surface area contributed by atoms with Crippen LogP contribution < -0.4 is 14.8 Å². The standard InChI is InChI=1S/C16H16N2O5/c1-11-7-8-14(22-2)12(9-11)17-16(19)10-23-15-6-4-3-5-13(15)18(20)21/h3-9H,10H2,1-2H3,(H,17,19). The van der Waals surface area contributed by atoms with Gasteiger partial charge in [0.25, 0.3) is 5.91 Å². The van der Waals surface area contributed by atoms with Gasteiger partial charge in [-0.2, -0.15) is 0 Å². The maximum Gasteiger partial charge on any atom is 0.310 e. The molecule has 0 spiro atoms. The van der Waals surface area contributed by atoms with Crippen molar-refractivity contribution < 1.29 is 19.2 Å². The number of rotatable bonds is 6. The summed E-state index contributed by atoms with van der Waals surface area (Å²) in [6.07, 6.45) is 0. The number of amides is 1. The number of anilines is 1. The van der Waals surface area contributed by atoms with Gasteiger partial charge in [-0.1, -0.05) is 18.2 Å². The van der Waals surface area contributed by atoms with Crippen molar-refractivity contribution >= 4 is 17.3 Å². The van der Waals surface area contributed by atoms with Gasteiger partial charge in [0, 0.05) is 6.07 Å². The molecular formula is C16H16N2O5. The Hall–Kier alpha value is -3.09. The number of carbonyl (C=O) groups is 1. The summed E-state index contributed by atoms with van der Waals surface area (Å²) in [7, 11) is 1.50. The van der Waals surface area contributed by atoms with Crippen LogP contribution in [0.4, 0.5) is 11.4 Å². The van der Waals surface area contributed by atoms with Gasteiger partial charge in [0.2, 0.25) is 0 Å². The Labute approximate surface area is 133 Å². The Morgan fingerprint density at radius 1 is 1.22 bits per heavy atom. The van der Waals surface area contributed by atoms with Crippen LogP contribution in [-0.2, 0) is 4.79 Å². The lowest BCUT2D eigenvalue weighted by molar-refractivity contribution is -0.385. The first-order valence-electron chi connectivity index (χ1n) is 6.82. The number of carbonyl (C=O) groups excluding carboxylic acids is 1. The Morgan fingerprint density at radius 3 is 2.65 bits per heavy atom. The average molecular weight is 316 g/mol. The van der Waals surface area contributed by atoms with Crippen LogP contribution >= 0.6 is 0 Å². The fourth-order valence-corrected chi connectivity index (χ4v) is 1.98. The van der Waals surface area contributed by atoms with Crippen molar-refractivity contribution in [2.45, 2.75) is 6.92 Å². The zero-order valence-corrected chi connectivity index (χ0v) is 12.7. The normalized spacial score (nSPS) is 10.0. The molecule has 0 aliphatic rings. The summed E-state index contributed by atoms with van der Waals surface area (Å²) in [5.74, 6) is 0.130. The lowest BCUT2D eigenvalue weighted by Gasteiger charge is -2.11. The predicted molar refractivity (Wildman–Crippen MR) is 85.0 cm³/mol. The lowest BCUT2D eigenvalue weighted by atomic mass is 10.2. The van der Waals surface area contributed by atoms with E-state index >= 15 is 0 Å². The van der Waals surface area contributed by atoms with Crippen molar-refractivity contribution in [1.29, 1.82) is 0 Å². The monoisotopic (exact) mass is 316 g/mol. The highest BCUT2D eigenvalue weighted by molar-refractivity contribution is 5.93. The van der Waals surface area contributed by atoms with Gasteiger partial charge >= 0.3 is 5.69 Å². The first-order valence-corrected chi connectivity index (χ1v) is 6.82. The molecule has 0 saturated heterocycles. The minimum Gasteiger partial charge on any atom is -0.495 e. The zero-order chi connectivity index (χ0) is 16.8. The van der Waals surface area contributed by atoms with E-state index < -0.39 is 10.8 Å². The molecule has 7 nitrogen and oxygen atoms in total. The van der Waals surface area contributed by atoms with E-state index in [-0.39, 0.29) is 18.0 Å². The van der Waals surface area contributed by atoms with Gasteiger partial charge in [0.15, 0.2) is 12.4 Å². The van der Waals surface area contributed by atoms with Crippen molar-refractivity contribution in [1.82, 2.24) is 0 Å². The van der Waals surface area contributed by atoms with Gasteiger partial charge in [-0.05, 0) is 30.7 Å². The van der Waals surface area contributed by atoms with E-state index in [0.717, 1.165) is 5.56 Å². The first-order chi connectivity index (χ1) is 11.0. The molecule has 0 aromatic heterocycles. The average Bonchev–Trinajstić information content (AvgIpc) is 2.53. The molecule has 0 bridgehead atoms. The number of nitrogens with zero attached hydrogens (tertiary/aromatic N) is 1. The van der Waals surface area contributed by atoms with Gasteiger partial charge < -0.3 is 14.8 Å². The molecule has 0 aliphatic heterocycles. The molecule has 0 unspecified atom stereocenters. The van der Waals surface area contributed by atoms with Gasteiger partial charge in [0.1, 0.15) is 5.75 Å². The smallest absolute Gasteiger partial charge is 0.310 e. The van der Waals surface area contributed by atoms with Crippen molar-refractivity contribution in [2.24, 2.45) is 0 Å². The van der Waals surface area contributed by atoms with E-state index in [1.54, 1.807) is 18.2 Å². The summed E-state index contributed by atoms with van der Waals surface area (Å²) in [4.78, 5) is 22.3. The number of benzene rings is 2. The molecule has 23 heavy (non-hydrogen) atoms. The minimum absolute atomic E-state index is 0.0452. The van der Waals surface area contributed by atoms with Gasteiger partial charge in [-0.15, -0.1) is 0 Å². The van der Waals surface area contributed by atoms with E-state index in [4.69, 9.17) is 9.47 Å². The van der Waals surface area contributed by atoms with E-state index in [1.807, 2.05) is 13.0 Å². The molecule has 1 N–H and O–H groups in total. The van der Waals surface area contributed by atoms with E-state index in [2.05, 4.69) is 5.32 Å². The predicted octanol–water partition coefficient (Wildman–Crippen LogP) is 2.93. The number of aryl methyl sites for hydroxylation is 1. The number of ether oxygens (including phenoxy) is 2. The molecule has 2 rings (SSSR count). The van der Waals surface area contributed by atoms with Crippen molar-refractivity contribution in [3.05, 3.63) is 58.1 Å². The second-order valence-electron chi connectivity index (χ2n) is 4.77. The summed E-state index contributed by atoms with van der Waals surface area (Å²) in [6.45, 7) is 1.54. The Bertz CT molecular complexity index is 730.